The molecule has 0 aliphatic carbocycles. The van der Waals surface area contributed by atoms with Crippen LogP contribution in [0.5, 0.6) is 0 Å². The van der Waals surface area contributed by atoms with Crippen molar-refractivity contribution < 1.29 is 9.50 Å². The lowest BCUT2D eigenvalue weighted by molar-refractivity contribution is 0.219. The fourth-order valence-corrected chi connectivity index (χ4v) is 2.13. The average Bonchev–Trinajstić information content (AvgIpc) is 2.42. The second-order valence-electron chi connectivity index (χ2n) is 4.90. The summed E-state index contributed by atoms with van der Waals surface area (Å²) in [5, 5.41) is 10.3. The first-order valence-electron chi connectivity index (χ1n) is 6.64. The largest absolute Gasteiger partial charge is 0.384 e. The maximum atomic E-state index is 13.5. The molecule has 0 radical (unpaired) electrons. The van der Waals surface area contributed by atoms with Crippen molar-refractivity contribution in [1.29, 1.82) is 0 Å². The van der Waals surface area contributed by atoms with E-state index < -0.39 is 6.10 Å². The van der Waals surface area contributed by atoms with E-state index in [1.807, 2.05) is 24.3 Å². The number of hydrogen-bond acceptors (Lipinski definition) is 1. The lowest BCUT2D eigenvalue weighted by Gasteiger charge is -2.13. The molecule has 0 spiro atoms. The van der Waals surface area contributed by atoms with Crippen LogP contribution in [0.15, 0.2) is 42.5 Å². The van der Waals surface area contributed by atoms with Crippen LogP contribution in [0, 0.1) is 12.7 Å². The van der Waals surface area contributed by atoms with Gasteiger partial charge in [-0.3, -0.25) is 0 Å². The predicted octanol–water partition coefficient (Wildman–Crippen LogP) is 4.17. The molecule has 2 rings (SSSR count). The summed E-state index contributed by atoms with van der Waals surface area (Å²) in [6, 6.07) is 12.7. The quantitative estimate of drug-likeness (QED) is 0.872. The Balaban J connectivity index is 2.22. The zero-order valence-electron chi connectivity index (χ0n) is 11.4. The molecule has 0 saturated heterocycles. The third-order valence-electron chi connectivity index (χ3n) is 3.35. The molecule has 19 heavy (non-hydrogen) atoms. The Morgan fingerprint density at radius 2 is 1.68 bits per heavy atom. The maximum Gasteiger partial charge on any atom is 0.126 e. The van der Waals surface area contributed by atoms with Crippen molar-refractivity contribution in [2.75, 3.05) is 0 Å². The van der Waals surface area contributed by atoms with Gasteiger partial charge in [-0.25, -0.2) is 4.39 Å². The number of aliphatic hydroxyl groups excluding tert-OH is 1. The summed E-state index contributed by atoms with van der Waals surface area (Å²) < 4.78 is 13.5. The molecule has 0 aromatic heterocycles. The Bertz CT molecular complexity index is 546. The van der Waals surface area contributed by atoms with Gasteiger partial charge in [-0.15, -0.1) is 0 Å². The van der Waals surface area contributed by atoms with Crippen molar-refractivity contribution in [3.05, 3.63) is 70.5 Å². The Morgan fingerprint density at radius 1 is 1.05 bits per heavy atom. The summed E-state index contributed by atoms with van der Waals surface area (Å²) in [5.41, 5.74) is 3.23. The van der Waals surface area contributed by atoms with Crippen molar-refractivity contribution in [3.8, 4) is 0 Å². The van der Waals surface area contributed by atoms with Crippen LogP contribution >= 0.6 is 0 Å². The topological polar surface area (TPSA) is 20.2 Å². The minimum Gasteiger partial charge on any atom is -0.384 e. The van der Waals surface area contributed by atoms with Crippen LogP contribution < -0.4 is 0 Å². The summed E-state index contributed by atoms with van der Waals surface area (Å²) in [6.45, 7) is 3.85. The number of aryl methyl sites for hydroxylation is 2. The van der Waals surface area contributed by atoms with Gasteiger partial charge in [-0.1, -0.05) is 49.7 Å². The first kappa shape index (κ1) is 13.8. The van der Waals surface area contributed by atoms with Gasteiger partial charge in [0.15, 0.2) is 0 Å². The fourth-order valence-electron chi connectivity index (χ4n) is 2.13. The molecular weight excluding hydrogens is 239 g/mol. The van der Waals surface area contributed by atoms with Crippen molar-refractivity contribution in [1.82, 2.24) is 0 Å². The van der Waals surface area contributed by atoms with Crippen LogP contribution in [0.1, 0.15) is 41.7 Å². The monoisotopic (exact) mass is 258 g/mol. The molecule has 1 nitrogen and oxygen atoms in total. The van der Waals surface area contributed by atoms with E-state index in [1.54, 1.807) is 19.1 Å². The van der Waals surface area contributed by atoms with Gasteiger partial charge in [-0.2, -0.15) is 0 Å². The molecule has 0 saturated carbocycles. The molecular formula is C17H19FO. The molecule has 0 bridgehead atoms. The third-order valence-corrected chi connectivity index (χ3v) is 3.35. The molecule has 1 N–H and O–H groups in total. The molecule has 2 aromatic carbocycles. The van der Waals surface area contributed by atoms with Gasteiger partial charge in [-0.05, 0) is 41.7 Å². The van der Waals surface area contributed by atoms with Crippen LogP contribution in [0.25, 0.3) is 0 Å². The summed E-state index contributed by atoms with van der Waals surface area (Å²) >= 11 is 0. The Labute approximate surface area is 113 Å². The molecule has 100 valence electrons. The second kappa shape index (κ2) is 5.98. The number of rotatable bonds is 4. The molecule has 1 atom stereocenters. The number of aliphatic hydroxyl groups is 1. The van der Waals surface area contributed by atoms with E-state index in [2.05, 4.69) is 6.92 Å². The van der Waals surface area contributed by atoms with Crippen LogP contribution in [0.2, 0.25) is 0 Å². The first-order chi connectivity index (χ1) is 9.11. The van der Waals surface area contributed by atoms with Crippen LogP contribution in [-0.4, -0.2) is 5.11 Å². The summed E-state index contributed by atoms with van der Waals surface area (Å²) in [5.74, 6) is -0.279. The highest BCUT2D eigenvalue weighted by atomic mass is 19.1. The van der Waals surface area contributed by atoms with Gasteiger partial charge < -0.3 is 5.11 Å². The minimum absolute atomic E-state index is 0.279. The van der Waals surface area contributed by atoms with Crippen LogP contribution in [0.4, 0.5) is 4.39 Å². The minimum atomic E-state index is -0.772. The van der Waals surface area contributed by atoms with Gasteiger partial charge in [0.05, 0.1) is 0 Å². The van der Waals surface area contributed by atoms with Crippen molar-refractivity contribution >= 4 is 0 Å². The van der Waals surface area contributed by atoms with Gasteiger partial charge in [0.1, 0.15) is 11.9 Å². The van der Waals surface area contributed by atoms with Crippen LogP contribution in [0.3, 0.4) is 0 Å². The lowest BCUT2D eigenvalue weighted by atomic mass is 9.98. The Kier molecular flexibility index (Phi) is 4.33. The molecule has 0 aliphatic rings. The number of benzene rings is 2. The zero-order chi connectivity index (χ0) is 13.8. The standard InChI is InChI=1S/C17H19FO/c1-3-4-13-6-9-14(10-7-13)17(19)15-8-5-12(2)16(18)11-15/h5-11,17,19H,3-4H2,1-2H3. The molecule has 0 fully saturated rings. The predicted molar refractivity (Wildman–Crippen MR) is 75.6 cm³/mol. The molecule has 2 aromatic rings. The van der Waals surface area contributed by atoms with Crippen molar-refractivity contribution in [2.45, 2.75) is 32.8 Å². The van der Waals surface area contributed by atoms with E-state index in [9.17, 15) is 9.50 Å². The smallest absolute Gasteiger partial charge is 0.126 e. The fraction of sp³-hybridized carbons (Fsp3) is 0.294. The van der Waals surface area contributed by atoms with Gasteiger partial charge >= 0.3 is 0 Å². The molecule has 0 amide bonds. The van der Waals surface area contributed by atoms with Gasteiger partial charge in [0, 0.05) is 0 Å². The highest BCUT2D eigenvalue weighted by Crippen LogP contribution is 2.24. The van der Waals surface area contributed by atoms with E-state index in [4.69, 9.17) is 0 Å². The van der Waals surface area contributed by atoms with E-state index in [0.717, 1.165) is 18.4 Å². The van der Waals surface area contributed by atoms with Gasteiger partial charge in [0.2, 0.25) is 0 Å². The molecule has 2 heteroatoms. The summed E-state index contributed by atoms with van der Waals surface area (Å²) in [4.78, 5) is 0. The van der Waals surface area contributed by atoms with Crippen LogP contribution in [-0.2, 0) is 6.42 Å². The zero-order valence-corrected chi connectivity index (χ0v) is 11.4. The second-order valence-corrected chi connectivity index (χ2v) is 4.90. The van der Waals surface area contributed by atoms with E-state index >= 15 is 0 Å². The highest BCUT2D eigenvalue weighted by Gasteiger charge is 2.11. The SMILES string of the molecule is CCCc1ccc(C(O)c2ccc(C)c(F)c2)cc1. The Morgan fingerprint density at radius 3 is 2.26 bits per heavy atom. The van der Waals surface area contributed by atoms with Crippen molar-refractivity contribution in [2.24, 2.45) is 0 Å². The van der Waals surface area contributed by atoms with E-state index in [0.29, 0.717) is 11.1 Å². The maximum absolute atomic E-state index is 13.5. The first-order valence-corrected chi connectivity index (χ1v) is 6.64. The average molecular weight is 258 g/mol. The van der Waals surface area contributed by atoms with Crippen molar-refractivity contribution in [3.63, 3.8) is 0 Å². The third kappa shape index (κ3) is 3.21. The van der Waals surface area contributed by atoms with E-state index in [1.165, 1.54) is 11.6 Å². The molecule has 0 heterocycles. The lowest BCUT2D eigenvalue weighted by Crippen LogP contribution is -2.01. The van der Waals surface area contributed by atoms with E-state index in [-0.39, 0.29) is 5.82 Å². The molecule has 0 aliphatic heterocycles. The number of hydrogen-bond donors (Lipinski definition) is 1. The molecule has 1 unspecified atom stereocenters. The number of halogens is 1. The Hall–Kier alpha value is -1.67. The van der Waals surface area contributed by atoms with Gasteiger partial charge in [0.25, 0.3) is 0 Å². The highest BCUT2D eigenvalue weighted by molar-refractivity contribution is 5.33. The normalized spacial score (nSPS) is 12.4. The summed E-state index contributed by atoms with van der Waals surface area (Å²) in [6.07, 6.45) is 1.37. The summed E-state index contributed by atoms with van der Waals surface area (Å²) in [7, 11) is 0.